The molecular formula is C22H28ClFN7O6PS. The molecule has 17 heteroatoms. The van der Waals surface area contributed by atoms with Crippen LogP contribution in [-0.2, 0) is 30.6 Å². The van der Waals surface area contributed by atoms with E-state index in [0.717, 1.165) is 4.57 Å². The molecule has 3 heterocycles. The van der Waals surface area contributed by atoms with Gasteiger partial charge >= 0.3 is 12.6 Å². The molecule has 0 bridgehead atoms. The lowest BCUT2D eigenvalue weighted by Gasteiger charge is -2.28. The molecule has 13 nitrogen and oxygen atoms in total. The van der Waals surface area contributed by atoms with Crippen molar-refractivity contribution >= 4 is 58.9 Å². The van der Waals surface area contributed by atoms with Crippen LogP contribution in [0.1, 0.15) is 27.0 Å². The van der Waals surface area contributed by atoms with Crippen molar-refractivity contribution in [3.05, 3.63) is 36.7 Å². The van der Waals surface area contributed by atoms with Crippen molar-refractivity contribution in [2.75, 3.05) is 18.1 Å². The first-order valence-corrected chi connectivity index (χ1v) is 14.8. The van der Waals surface area contributed by atoms with Crippen LogP contribution in [-0.4, -0.2) is 66.7 Å². The van der Waals surface area contributed by atoms with E-state index in [1.165, 1.54) is 13.3 Å². The number of halogens is 2. The molecule has 1 aliphatic heterocycles. The highest BCUT2D eigenvalue weighted by Gasteiger charge is 2.58. The summed E-state index contributed by atoms with van der Waals surface area (Å²) in [6, 6.07) is 7.62. The van der Waals surface area contributed by atoms with Gasteiger partial charge in [0.1, 0.15) is 29.5 Å². The number of aliphatic hydroxyl groups excluding tert-OH is 1. The van der Waals surface area contributed by atoms with Crippen molar-refractivity contribution in [2.45, 2.75) is 56.5 Å². The second-order valence-electron chi connectivity index (χ2n) is 8.97. The van der Waals surface area contributed by atoms with Crippen molar-refractivity contribution in [2.24, 2.45) is 0 Å². The molecule has 4 rings (SSSR count). The van der Waals surface area contributed by atoms with E-state index < -0.39 is 48.8 Å². The van der Waals surface area contributed by atoms with E-state index >= 15 is 4.39 Å². The fourth-order valence-electron chi connectivity index (χ4n) is 3.74. The molecule has 1 aromatic carbocycles. The van der Waals surface area contributed by atoms with Crippen molar-refractivity contribution in [3.63, 3.8) is 0 Å². The molecule has 212 valence electrons. The van der Waals surface area contributed by atoms with Crippen LogP contribution in [0.15, 0.2) is 36.7 Å². The lowest BCUT2D eigenvalue weighted by Crippen LogP contribution is -2.40. The monoisotopic (exact) mass is 603 g/mol. The summed E-state index contributed by atoms with van der Waals surface area (Å²) in [7, 11) is 0. The highest BCUT2D eigenvalue weighted by molar-refractivity contribution is 8.09. The summed E-state index contributed by atoms with van der Waals surface area (Å²) in [6.45, 7) is 1.01. The van der Waals surface area contributed by atoms with E-state index in [2.05, 4.69) is 20.0 Å². The van der Waals surface area contributed by atoms with Crippen LogP contribution in [0.25, 0.3) is 11.2 Å². The Labute approximate surface area is 233 Å². The molecule has 39 heavy (non-hydrogen) atoms. The number of carbonyl (C=O) groups excluding carboxylic acids is 1. The zero-order chi connectivity index (χ0) is 28.5. The van der Waals surface area contributed by atoms with Gasteiger partial charge in [0.2, 0.25) is 5.95 Å². The lowest BCUT2D eigenvalue weighted by molar-refractivity contribution is -0.149. The minimum absolute atomic E-state index is 0.0244. The van der Waals surface area contributed by atoms with Crippen LogP contribution in [0.2, 0.25) is 0 Å². The Balaban J connectivity index is 1.55. The van der Waals surface area contributed by atoms with E-state index in [0.29, 0.717) is 5.75 Å². The second kappa shape index (κ2) is 11.5. The molecule has 6 atom stereocenters. The van der Waals surface area contributed by atoms with Gasteiger partial charge in [-0.05, 0) is 44.7 Å². The number of nitrogens with two attached hydrogens (primary N) is 2. The van der Waals surface area contributed by atoms with Crippen molar-refractivity contribution in [1.29, 1.82) is 0 Å². The zero-order valence-electron chi connectivity index (χ0n) is 21.1. The highest BCUT2D eigenvalue weighted by Crippen LogP contribution is 2.49. The van der Waals surface area contributed by atoms with Gasteiger partial charge in [0.05, 0.1) is 19.0 Å². The Hall–Kier alpha value is -2.65. The largest absolute Gasteiger partial charge is 0.462 e. The number of hydrogen-bond donors (Lipinski definition) is 4. The Morgan fingerprint density at radius 1 is 1.33 bits per heavy atom. The molecule has 1 aliphatic rings. The van der Waals surface area contributed by atoms with Gasteiger partial charge in [0.15, 0.2) is 17.7 Å². The summed E-state index contributed by atoms with van der Waals surface area (Å²) in [5.74, 6) is -0.411. The first-order valence-electron chi connectivity index (χ1n) is 11.7. The predicted octanol–water partition coefficient (Wildman–Crippen LogP) is 2.40. The molecule has 6 N–H and O–H groups in total. The van der Waals surface area contributed by atoms with Gasteiger partial charge in [-0.15, -0.1) is 0 Å². The maximum Gasteiger partial charge on any atom is 0.323 e. The third kappa shape index (κ3) is 6.40. The van der Waals surface area contributed by atoms with Crippen LogP contribution in [0.4, 0.5) is 16.2 Å². The van der Waals surface area contributed by atoms with Gasteiger partial charge in [-0.2, -0.15) is 9.97 Å². The van der Waals surface area contributed by atoms with Crippen LogP contribution in [0.5, 0.6) is 5.75 Å². The number of nitrogen functional groups attached to an aromatic ring is 2. The number of carbonyl (C=O) groups is 1. The SMILES string of the molecule is CC(C)OC(=O)C(C)NP(=S)(OC[C@H]1O[C@@H](n2cnc3c(N)nc(N)nc32)[C@](F)(Cl)[C@@H]1O)Oc1ccccc1. The molecule has 2 aromatic heterocycles. The normalized spacial score (nSPS) is 25.5. The quantitative estimate of drug-likeness (QED) is 0.151. The van der Waals surface area contributed by atoms with Gasteiger partial charge in [0, 0.05) is 0 Å². The molecule has 1 saturated heterocycles. The Bertz CT molecular complexity index is 1380. The van der Waals surface area contributed by atoms with E-state index in [4.69, 9.17) is 53.4 Å². The van der Waals surface area contributed by atoms with Gasteiger partial charge < -0.3 is 35.1 Å². The number of nitrogens with zero attached hydrogens (tertiary/aromatic N) is 4. The maximum absolute atomic E-state index is 15.7. The molecule has 0 radical (unpaired) electrons. The van der Waals surface area contributed by atoms with E-state index in [1.54, 1.807) is 44.2 Å². The number of fused-ring (bicyclic) bond motifs is 1. The van der Waals surface area contributed by atoms with Crippen LogP contribution in [0, 0.1) is 0 Å². The standard InChI is InChI=1S/C22H28ClFN7O6PS/c1-11(2)35-19(33)12(3)30-38(39,37-13-7-5-4-6-8-13)34-9-14-16(32)22(23,24)20(36-14)31-10-27-15-17(25)28-21(26)29-18(15)31/h4-8,10-12,14,16,20,32H,9H2,1-3H3,(H,30,39)(H4,25,26,28,29)/t12?,14-,16-,20-,22+,38?/m1/s1. The summed E-state index contributed by atoms with van der Waals surface area (Å²) >= 11 is 11.8. The fourth-order valence-corrected chi connectivity index (χ4v) is 6.45. The minimum Gasteiger partial charge on any atom is -0.462 e. The number of para-hydroxylation sites is 1. The maximum atomic E-state index is 15.7. The number of esters is 1. The average Bonchev–Trinajstić information content (AvgIpc) is 3.36. The Morgan fingerprint density at radius 3 is 2.69 bits per heavy atom. The molecule has 0 aliphatic carbocycles. The number of aliphatic hydroxyl groups is 1. The van der Waals surface area contributed by atoms with Crippen LogP contribution >= 0.6 is 18.2 Å². The number of ether oxygens (including phenoxy) is 2. The average molecular weight is 604 g/mol. The van der Waals surface area contributed by atoms with Gasteiger partial charge in [-0.3, -0.25) is 9.36 Å². The summed E-state index contributed by atoms with van der Waals surface area (Å²) in [5, 5.41) is 10.8. The summed E-state index contributed by atoms with van der Waals surface area (Å²) in [4.78, 5) is 24.4. The summed E-state index contributed by atoms with van der Waals surface area (Å²) in [5.41, 5.74) is 11.7. The van der Waals surface area contributed by atoms with Crippen molar-refractivity contribution < 1.29 is 32.8 Å². The molecule has 0 amide bonds. The number of imidazole rings is 1. The lowest BCUT2D eigenvalue weighted by atomic mass is 10.1. The third-order valence-corrected chi connectivity index (χ3v) is 8.44. The zero-order valence-corrected chi connectivity index (χ0v) is 23.6. The third-order valence-electron chi connectivity index (χ3n) is 5.53. The Morgan fingerprint density at radius 2 is 2.03 bits per heavy atom. The van der Waals surface area contributed by atoms with Gasteiger partial charge in [0.25, 0.3) is 5.13 Å². The van der Waals surface area contributed by atoms with E-state index in [-0.39, 0.29) is 29.0 Å². The highest BCUT2D eigenvalue weighted by atomic mass is 35.5. The molecule has 3 aromatic rings. The molecular weight excluding hydrogens is 576 g/mol. The molecule has 2 unspecified atom stereocenters. The molecule has 0 saturated carbocycles. The van der Waals surface area contributed by atoms with Crippen LogP contribution in [0.3, 0.4) is 0 Å². The van der Waals surface area contributed by atoms with E-state index in [1.807, 2.05) is 0 Å². The summed E-state index contributed by atoms with van der Waals surface area (Å²) < 4.78 is 39.6. The Kier molecular flexibility index (Phi) is 8.61. The second-order valence-corrected chi connectivity index (χ2v) is 12.7. The fraction of sp³-hybridized carbons (Fsp3) is 0.455. The number of benzene rings is 1. The number of nitrogens with one attached hydrogen (secondary N) is 1. The minimum atomic E-state index is -3.49. The molecule has 0 spiro atoms. The number of aromatic nitrogens is 4. The van der Waals surface area contributed by atoms with Gasteiger partial charge in [-0.25, -0.2) is 14.5 Å². The first kappa shape index (κ1) is 29.3. The summed E-state index contributed by atoms with van der Waals surface area (Å²) in [6.07, 6.45) is -3.94. The van der Waals surface area contributed by atoms with Crippen LogP contribution < -0.4 is 21.1 Å². The van der Waals surface area contributed by atoms with Crippen molar-refractivity contribution in [1.82, 2.24) is 24.6 Å². The topological polar surface area (TPSA) is 182 Å². The molecule has 1 fully saturated rings. The van der Waals surface area contributed by atoms with Gasteiger partial charge in [-0.1, -0.05) is 29.8 Å². The predicted molar refractivity (Wildman–Crippen MR) is 145 cm³/mol. The van der Waals surface area contributed by atoms with E-state index in [9.17, 15) is 9.90 Å². The number of hydrogen-bond acceptors (Lipinski definition) is 12. The number of rotatable bonds is 10. The first-order chi connectivity index (χ1) is 18.3. The number of alkyl halides is 2. The van der Waals surface area contributed by atoms with Crippen molar-refractivity contribution in [3.8, 4) is 5.75 Å². The smallest absolute Gasteiger partial charge is 0.323 e. The number of anilines is 2.